The van der Waals surface area contributed by atoms with E-state index in [1.807, 2.05) is 0 Å². The lowest BCUT2D eigenvalue weighted by molar-refractivity contribution is 0.504. The number of rotatable bonds is 13. The monoisotopic (exact) mass is 352 g/mol. The van der Waals surface area contributed by atoms with Gasteiger partial charge in [0, 0.05) is 0 Å². The first-order chi connectivity index (χ1) is 8.27. The smallest absolute Gasteiger partial charge is 0.000473 e. The molecule has 0 aromatic rings. The topological polar surface area (TPSA) is 0 Å². The first-order valence-electron chi connectivity index (χ1n) is 7.83. The van der Waals surface area contributed by atoms with Gasteiger partial charge in [-0.05, 0) is 16.8 Å². The van der Waals surface area contributed by atoms with Gasteiger partial charge in [0.2, 0.25) is 0 Å². The Morgan fingerprint density at radius 2 is 0.941 bits per heavy atom. The fraction of sp³-hybridized carbons (Fsp3) is 1.00. The minimum atomic E-state index is 0.901. The van der Waals surface area contributed by atoms with Gasteiger partial charge in [-0.3, -0.25) is 0 Å². The average molecular weight is 352 g/mol. The van der Waals surface area contributed by atoms with Crippen molar-refractivity contribution in [1.29, 1.82) is 0 Å². The first kappa shape index (κ1) is 17.7. The summed E-state index contributed by atoms with van der Waals surface area (Å²) < 4.78 is 1.34. The molecule has 0 unspecified atom stereocenters. The Bertz CT molecular complexity index is 131. The second-order valence-electron chi connectivity index (χ2n) is 5.76. The Morgan fingerprint density at radius 3 is 1.29 bits per heavy atom. The van der Waals surface area contributed by atoms with E-state index >= 15 is 0 Å². The molecule has 0 bridgehead atoms. The summed E-state index contributed by atoms with van der Waals surface area (Å²) in [6.45, 7) is 4.66. The lowest BCUT2D eigenvalue weighted by Gasteiger charge is -2.04. The van der Waals surface area contributed by atoms with Crippen molar-refractivity contribution in [3.8, 4) is 0 Å². The molecule has 0 amide bonds. The van der Waals surface area contributed by atoms with Gasteiger partial charge in [-0.25, -0.2) is 0 Å². The molecule has 17 heavy (non-hydrogen) atoms. The average Bonchev–Trinajstić information content (AvgIpc) is 2.30. The predicted molar refractivity (Wildman–Crippen MR) is 89.1 cm³/mol. The summed E-state index contributed by atoms with van der Waals surface area (Å²) in [4.78, 5) is 0. The molecule has 0 saturated carbocycles. The van der Waals surface area contributed by atoms with Crippen LogP contribution in [0, 0.1) is 5.92 Å². The van der Waals surface area contributed by atoms with E-state index in [0.29, 0.717) is 0 Å². The van der Waals surface area contributed by atoms with Crippen LogP contribution in [0.15, 0.2) is 0 Å². The molecule has 0 aromatic heterocycles. The quantitative estimate of drug-likeness (QED) is 0.195. The number of unbranched alkanes of at least 4 members (excludes halogenated alkanes) is 10. The fourth-order valence-corrected chi connectivity index (χ4v) is 2.78. The van der Waals surface area contributed by atoms with Crippen LogP contribution in [0.2, 0.25) is 0 Å². The van der Waals surface area contributed by atoms with Gasteiger partial charge >= 0.3 is 0 Å². The largest absolute Gasteiger partial charge is 0.0864 e. The second kappa shape index (κ2) is 14.8. The summed E-state index contributed by atoms with van der Waals surface area (Å²) in [5.41, 5.74) is 0. The molecule has 0 aliphatic heterocycles. The van der Waals surface area contributed by atoms with Gasteiger partial charge in [-0.15, -0.1) is 0 Å². The van der Waals surface area contributed by atoms with Crippen molar-refractivity contribution < 1.29 is 0 Å². The van der Waals surface area contributed by atoms with Crippen LogP contribution in [-0.4, -0.2) is 4.43 Å². The molecule has 0 rings (SSSR count). The molecule has 0 radical (unpaired) electrons. The molecule has 0 aliphatic carbocycles. The maximum Gasteiger partial charge on any atom is -0.000473 e. The molecule has 0 fully saturated rings. The molecule has 0 nitrogen and oxygen atoms in total. The molecule has 0 heterocycles. The predicted octanol–water partition coefficient (Wildman–Crippen LogP) is 6.76. The molecule has 0 N–H and O–H groups in total. The normalized spacial score (nSPS) is 11.3. The summed E-state index contributed by atoms with van der Waals surface area (Å²) in [6, 6.07) is 0. The maximum atomic E-state index is 2.48. The van der Waals surface area contributed by atoms with Gasteiger partial charge in [0.05, 0.1) is 0 Å². The van der Waals surface area contributed by atoms with E-state index in [1.54, 1.807) is 0 Å². The van der Waals surface area contributed by atoms with Crippen LogP contribution < -0.4 is 0 Å². The summed E-state index contributed by atoms with van der Waals surface area (Å²) in [5, 5.41) is 0. The first-order valence-corrected chi connectivity index (χ1v) is 9.36. The molecule has 0 aliphatic rings. The highest BCUT2D eigenvalue weighted by Gasteiger charge is 1.95. The van der Waals surface area contributed by atoms with Crippen molar-refractivity contribution in [2.45, 2.75) is 90.9 Å². The Balaban J connectivity index is 2.89. The third-order valence-corrected chi connectivity index (χ3v) is 4.18. The highest BCUT2D eigenvalue weighted by molar-refractivity contribution is 14.1. The number of hydrogen-bond acceptors (Lipinski definition) is 0. The van der Waals surface area contributed by atoms with Gasteiger partial charge in [-0.2, -0.15) is 0 Å². The number of alkyl halides is 1. The van der Waals surface area contributed by atoms with Crippen molar-refractivity contribution in [3.63, 3.8) is 0 Å². The van der Waals surface area contributed by atoms with Crippen LogP contribution in [0.4, 0.5) is 0 Å². The molecule has 0 spiro atoms. The zero-order valence-corrected chi connectivity index (χ0v) is 14.3. The van der Waals surface area contributed by atoms with Crippen LogP contribution in [0.25, 0.3) is 0 Å². The van der Waals surface area contributed by atoms with Crippen molar-refractivity contribution in [3.05, 3.63) is 0 Å². The van der Waals surface area contributed by atoms with Crippen LogP contribution in [0.5, 0.6) is 0 Å². The molecular weight excluding hydrogens is 319 g/mol. The molecule has 0 aromatic carbocycles. The Kier molecular flexibility index (Phi) is 15.4. The van der Waals surface area contributed by atoms with Gasteiger partial charge in [0.25, 0.3) is 0 Å². The SMILES string of the molecule is CC(C)CCCCCCCCCCCCCI. The minimum absolute atomic E-state index is 0.901. The van der Waals surface area contributed by atoms with Crippen LogP contribution in [0.3, 0.4) is 0 Å². The van der Waals surface area contributed by atoms with Crippen LogP contribution in [-0.2, 0) is 0 Å². The highest BCUT2D eigenvalue weighted by atomic mass is 127. The molecule has 104 valence electrons. The van der Waals surface area contributed by atoms with Crippen LogP contribution >= 0.6 is 22.6 Å². The lowest BCUT2D eigenvalue weighted by atomic mass is 10.0. The fourth-order valence-electron chi connectivity index (χ4n) is 2.24. The van der Waals surface area contributed by atoms with E-state index in [9.17, 15) is 0 Å². The second-order valence-corrected chi connectivity index (χ2v) is 6.84. The zero-order chi connectivity index (χ0) is 12.8. The van der Waals surface area contributed by atoms with E-state index in [2.05, 4.69) is 36.4 Å². The maximum absolute atomic E-state index is 2.48. The molecular formula is C16H33I. The van der Waals surface area contributed by atoms with Gasteiger partial charge < -0.3 is 0 Å². The number of halogens is 1. The van der Waals surface area contributed by atoms with Gasteiger partial charge in [-0.1, -0.05) is 107 Å². The molecule has 0 atom stereocenters. The van der Waals surface area contributed by atoms with Crippen LogP contribution in [0.1, 0.15) is 90.9 Å². The standard InChI is InChI=1S/C16H33I/c1-16(2)14-12-10-8-6-4-3-5-7-9-11-13-15-17/h16H,3-15H2,1-2H3. The summed E-state index contributed by atoms with van der Waals surface area (Å²) in [7, 11) is 0. The van der Waals surface area contributed by atoms with E-state index in [0.717, 1.165) is 5.92 Å². The number of hydrogen-bond donors (Lipinski definition) is 0. The van der Waals surface area contributed by atoms with Crippen molar-refractivity contribution in [2.75, 3.05) is 4.43 Å². The molecule has 0 saturated heterocycles. The Hall–Kier alpha value is 0.730. The lowest BCUT2D eigenvalue weighted by Crippen LogP contribution is -1.87. The summed E-state index contributed by atoms with van der Waals surface area (Å²) >= 11 is 2.48. The third kappa shape index (κ3) is 16.7. The Morgan fingerprint density at radius 1 is 0.588 bits per heavy atom. The van der Waals surface area contributed by atoms with E-state index < -0.39 is 0 Å². The van der Waals surface area contributed by atoms with E-state index in [4.69, 9.17) is 0 Å². The van der Waals surface area contributed by atoms with E-state index in [-0.39, 0.29) is 0 Å². The minimum Gasteiger partial charge on any atom is -0.0864 e. The Labute approximate surface area is 123 Å². The van der Waals surface area contributed by atoms with E-state index in [1.165, 1.54) is 81.5 Å². The third-order valence-electron chi connectivity index (χ3n) is 3.42. The summed E-state index contributed by atoms with van der Waals surface area (Å²) in [5.74, 6) is 0.901. The van der Waals surface area contributed by atoms with Gasteiger partial charge in [0.1, 0.15) is 0 Å². The summed E-state index contributed by atoms with van der Waals surface area (Å²) in [6.07, 6.45) is 17.6. The van der Waals surface area contributed by atoms with Gasteiger partial charge in [0.15, 0.2) is 0 Å². The van der Waals surface area contributed by atoms with Crippen molar-refractivity contribution >= 4 is 22.6 Å². The zero-order valence-electron chi connectivity index (χ0n) is 12.1. The van der Waals surface area contributed by atoms with Crippen molar-refractivity contribution in [1.82, 2.24) is 0 Å². The van der Waals surface area contributed by atoms with Crippen molar-refractivity contribution in [2.24, 2.45) is 5.92 Å². The molecule has 1 heteroatoms. The highest BCUT2D eigenvalue weighted by Crippen LogP contribution is 2.13.